The minimum atomic E-state index is -0.173. The molecule has 106 valence electrons. The number of ether oxygens (including phenoxy) is 1. The third kappa shape index (κ3) is 4.79. The summed E-state index contributed by atoms with van der Waals surface area (Å²) in [5.74, 6) is 1.43. The largest absolute Gasteiger partial charge is 0.381 e. The van der Waals surface area contributed by atoms with Gasteiger partial charge in [0.2, 0.25) is 0 Å². The van der Waals surface area contributed by atoms with E-state index in [1.165, 1.54) is 18.6 Å². The molecule has 0 aliphatic carbocycles. The van der Waals surface area contributed by atoms with E-state index >= 15 is 0 Å². The molecule has 2 rings (SSSR count). The maximum atomic E-state index is 12.9. The molecule has 0 saturated carbocycles. The van der Waals surface area contributed by atoms with Crippen LogP contribution in [0.4, 0.5) is 4.39 Å². The Morgan fingerprint density at radius 1 is 1.42 bits per heavy atom. The molecule has 1 saturated heterocycles. The Kier molecular flexibility index (Phi) is 6.14. The topological polar surface area (TPSA) is 21.3 Å². The van der Waals surface area contributed by atoms with E-state index in [-0.39, 0.29) is 5.82 Å². The molecule has 0 amide bonds. The first-order valence-corrected chi connectivity index (χ1v) is 7.97. The van der Waals surface area contributed by atoms with Gasteiger partial charge in [0.15, 0.2) is 0 Å². The lowest BCUT2D eigenvalue weighted by Gasteiger charge is -2.30. The van der Waals surface area contributed by atoms with E-state index in [0.717, 1.165) is 36.8 Å². The Bertz CT molecular complexity index is 365. The Morgan fingerprint density at radius 2 is 2.21 bits per heavy atom. The second kappa shape index (κ2) is 7.88. The van der Waals surface area contributed by atoms with Gasteiger partial charge in [0.1, 0.15) is 5.82 Å². The molecule has 0 radical (unpaired) electrons. The van der Waals surface area contributed by atoms with E-state index in [0.29, 0.717) is 12.0 Å². The van der Waals surface area contributed by atoms with E-state index in [2.05, 4.69) is 12.2 Å². The fourth-order valence-corrected chi connectivity index (χ4v) is 3.51. The van der Waals surface area contributed by atoms with Crippen LogP contribution in [0.2, 0.25) is 0 Å². The summed E-state index contributed by atoms with van der Waals surface area (Å²) >= 11 is 1.79. The lowest BCUT2D eigenvalue weighted by atomic mass is 9.95. The van der Waals surface area contributed by atoms with Crippen LogP contribution in [0.25, 0.3) is 0 Å². The molecule has 1 aromatic rings. The van der Waals surface area contributed by atoms with Crippen molar-refractivity contribution in [1.82, 2.24) is 5.32 Å². The van der Waals surface area contributed by atoms with Crippen molar-refractivity contribution in [1.29, 1.82) is 0 Å². The van der Waals surface area contributed by atoms with E-state index in [1.807, 2.05) is 12.1 Å². The lowest BCUT2D eigenvalue weighted by molar-refractivity contribution is 0.0429. The molecule has 2 unspecified atom stereocenters. The normalized spacial score (nSPS) is 21.3. The van der Waals surface area contributed by atoms with Gasteiger partial charge in [-0.3, -0.25) is 0 Å². The SMILES string of the molecule is CCNC(CSc1ccc(F)cc1)C1CCCOC1. The minimum Gasteiger partial charge on any atom is -0.381 e. The van der Waals surface area contributed by atoms with Crippen molar-refractivity contribution >= 4 is 11.8 Å². The summed E-state index contributed by atoms with van der Waals surface area (Å²) in [4.78, 5) is 1.13. The number of thioether (sulfide) groups is 1. The summed E-state index contributed by atoms with van der Waals surface area (Å²) in [6, 6.07) is 7.21. The Balaban J connectivity index is 1.87. The highest BCUT2D eigenvalue weighted by atomic mass is 32.2. The monoisotopic (exact) mass is 283 g/mol. The van der Waals surface area contributed by atoms with Crippen LogP contribution in [-0.4, -0.2) is 31.6 Å². The van der Waals surface area contributed by atoms with Crippen LogP contribution in [0.15, 0.2) is 29.2 Å². The number of benzene rings is 1. The van der Waals surface area contributed by atoms with E-state index in [1.54, 1.807) is 11.8 Å². The standard InChI is InChI=1S/C15H22FNOS/c1-2-17-15(12-4-3-9-18-10-12)11-19-14-7-5-13(16)6-8-14/h5-8,12,15,17H,2-4,9-11H2,1H3. The first kappa shape index (κ1) is 14.8. The van der Waals surface area contributed by atoms with Crippen molar-refractivity contribution < 1.29 is 9.13 Å². The van der Waals surface area contributed by atoms with Gasteiger partial charge in [-0.25, -0.2) is 4.39 Å². The molecule has 1 fully saturated rings. The van der Waals surface area contributed by atoms with Gasteiger partial charge in [0.05, 0.1) is 6.61 Å². The molecule has 1 aromatic carbocycles. The predicted molar refractivity (Wildman–Crippen MR) is 78.1 cm³/mol. The van der Waals surface area contributed by atoms with Crippen molar-refractivity contribution in [3.63, 3.8) is 0 Å². The van der Waals surface area contributed by atoms with Gasteiger partial charge in [-0.2, -0.15) is 0 Å². The summed E-state index contributed by atoms with van der Waals surface area (Å²) in [5.41, 5.74) is 0. The first-order valence-electron chi connectivity index (χ1n) is 6.99. The number of hydrogen-bond donors (Lipinski definition) is 1. The zero-order valence-electron chi connectivity index (χ0n) is 11.4. The first-order chi connectivity index (χ1) is 9.29. The maximum Gasteiger partial charge on any atom is 0.123 e. The summed E-state index contributed by atoms with van der Waals surface area (Å²) in [6.45, 7) is 4.88. The minimum absolute atomic E-state index is 0.173. The maximum absolute atomic E-state index is 12.9. The van der Waals surface area contributed by atoms with Crippen LogP contribution in [0.3, 0.4) is 0 Å². The highest BCUT2D eigenvalue weighted by molar-refractivity contribution is 7.99. The molecular weight excluding hydrogens is 261 g/mol. The van der Waals surface area contributed by atoms with Gasteiger partial charge in [-0.1, -0.05) is 6.92 Å². The fraction of sp³-hybridized carbons (Fsp3) is 0.600. The molecule has 2 nitrogen and oxygen atoms in total. The molecular formula is C15H22FNOS. The van der Waals surface area contributed by atoms with Gasteiger partial charge in [0.25, 0.3) is 0 Å². The number of nitrogens with one attached hydrogen (secondary N) is 1. The van der Waals surface area contributed by atoms with Crippen LogP contribution in [0, 0.1) is 11.7 Å². The molecule has 0 bridgehead atoms. The van der Waals surface area contributed by atoms with Gasteiger partial charge in [0, 0.05) is 23.3 Å². The van der Waals surface area contributed by atoms with Crippen LogP contribution in [0.5, 0.6) is 0 Å². The summed E-state index contributed by atoms with van der Waals surface area (Å²) in [5, 5.41) is 3.56. The lowest BCUT2D eigenvalue weighted by Crippen LogP contribution is -2.41. The van der Waals surface area contributed by atoms with Crippen molar-refractivity contribution in [2.24, 2.45) is 5.92 Å². The van der Waals surface area contributed by atoms with Gasteiger partial charge < -0.3 is 10.1 Å². The van der Waals surface area contributed by atoms with Gasteiger partial charge >= 0.3 is 0 Å². The van der Waals surface area contributed by atoms with Gasteiger partial charge in [-0.05, 0) is 49.6 Å². The highest BCUT2D eigenvalue weighted by Crippen LogP contribution is 2.24. The van der Waals surface area contributed by atoms with Crippen LogP contribution in [-0.2, 0) is 4.74 Å². The van der Waals surface area contributed by atoms with E-state index < -0.39 is 0 Å². The number of halogens is 1. The zero-order valence-corrected chi connectivity index (χ0v) is 12.2. The Labute approximate surface area is 119 Å². The van der Waals surface area contributed by atoms with E-state index in [4.69, 9.17) is 4.74 Å². The Hall–Kier alpha value is -0.580. The molecule has 4 heteroatoms. The summed E-state index contributed by atoms with van der Waals surface area (Å²) in [7, 11) is 0. The molecule has 1 heterocycles. The average molecular weight is 283 g/mol. The van der Waals surface area contributed by atoms with Crippen LogP contribution >= 0.6 is 11.8 Å². The van der Waals surface area contributed by atoms with Crippen LogP contribution < -0.4 is 5.32 Å². The Morgan fingerprint density at radius 3 is 2.84 bits per heavy atom. The second-order valence-corrected chi connectivity index (χ2v) is 6.00. The van der Waals surface area contributed by atoms with Crippen molar-refractivity contribution in [3.05, 3.63) is 30.1 Å². The smallest absolute Gasteiger partial charge is 0.123 e. The zero-order chi connectivity index (χ0) is 13.5. The third-order valence-electron chi connectivity index (χ3n) is 3.47. The molecule has 1 aliphatic heterocycles. The molecule has 0 spiro atoms. The molecule has 0 aromatic heterocycles. The summed E-state index contributed by atoms with van der Waals surface area (Å²) in [6.07, 6.45) is 2.40. The quantitative estimate of drug-likeness (QED) is 0.809. The summed E-state index contributed by atoms with van der Waals surface area (Å²) < 4.78 is 18.4. The van der Waals surface area contributed by atoms with Crippen molar-refractivity contribution in [3.8, 4) is 0 Å². The predicted octanol–water partition coefficient (Wildman–Crippen LogP) is 3.32. The second-order valence-electron chi connectivity index (χ2n) is 4.91. The average Bonchev–Trinajstić information content (AvgIpc) is 2.46. The molecule has 1 N–H and O–H groups in total. The highest BCUT2D eigenvalue weighted by Gasteiger charge is 2.23. The van der Waals surface area contributed by atoms with Crippen molar-refractivity contribution in [2.75, 3.05) is 25.5 Å². The van der Waals surface area contributed by atoms with Gasteiger partial charge in [-0.15, -0.1) is 11.8 Å². The fourth-order valence-electron chi connectivity index (χ4n) is 2.42. The number of hydrogen-bond acceptors (Lipinski definition) is 3. The molecule has 19 heavy (non-hydrogen) atoms. The van der Waals surface area contributed by atoms with Crippen LogP contribution in [0.1, 0.15) is 19.8 Å². The third-order valence-corrected chi connectivity index (χ3v) is 4.61. The molecule has 2 atom stereocenters. The van der Waals surface area contributed by atoms with E-state index in [9.17, 15) is 4.39 Å². The number of rotatable bonds is 6. The van der Waals surface area contributed by atoms with Crippen molar-refractivity contribution in [2.45, 2.75) is 30.7 Å². The molecule has 1 aliphatic rings.